The molecule has 0 bridgehead atoms. The minimum Gasteiger partial charge on any atom is -0.539 e. The van der Waals surface area contributed by atoms with Crippen LogP contribution in [-0.2, 0) is 19.1 Å². The van der Waals surface area contributed by atoms with Gasteiger partial charge in [-0.25, -0.2) is 14.6 Å². The molecule has 96 valence electrons. The predicted molar refractivity (Wildman–Crippen MR) is 61.6 cm³/mol. The highest BCUT2D eigenvalue weighted by molar-refractivity contribution is 7.09. The van der Waals surface area contributed by atoms with Crippen LogP contribution in [0.25, 0.3) is 0 Å². The first-order valence-corrected chi connectivity index (χ1v) is 5.45. The van der Waals surface area contributed by atoms with E-state index in [-0.39, 0.29) is 5.69 Å². The second-order valence-electron chi connectivity index (χ2n) is 2.94. The highest BCUT2D eigenvalue weighted by Crippen LogP contribution is 2.10. The number of aromatic nitrogens is 1. The van der Waals surface area contributed by atoms with Gasteiger partial charge in [-0.05, 0) is 6.92 Å². The zero-order valence-electron chi connectivity index (χ0n) is 9.42. The van der Waals surface area contributed by atoms with Crippen LogP contribution >= 0.6 is 11.3 Å². The number of hydrogen-bond acceptors (Lipinski definition) is 7. The van der Waals surface area contributed by atoms with Crippen LogP contribution in [0, 0.1) is 6.92 Å². The number of rotatable bonds is 5. The molecule has 7 nitrogen and oxygen atoms in total. The lowest BCUT2D eigenvalue weighted by Crippen LogP contribution is -2.22. The monoisotopic (exact) mass is 274 g/mol. The molecule has 1 heterocycles. The molecule has 0 saturated carbocycles. The van der Waals surface area contributed by atoms with Crippen molar-refractivity contribution < 1.29 is 28.6 Å². The van der Waals surface area contributed by atoms with Gasteiger partial charge in [0, 0.05) is 5.38 Å². The Morgan fingerprint density at radius 2 is 2.33 bits per heavy atom. The van der Waals surface area contributed by atoms with E-state index in [2.05, 4.69) is 19.6 Å². The maximum Gasteiger partial charge on any atom is 0.365 e. The summed E-state index contributed by atoms with van der Waals surface area (Å²) >= 11 is 1.20. The van der Waals surface area contributed by atoms with Crippen LogP contribution in [-0.4, -0.2) is 42.1 Å². The van der Waals surface area contributed by atoms with E-state index >= 15 is 0 Å². The van der Waals surface area contributed by atoms with Gasteiger partial charge in [-0.3, -0.25) is 0 Å². The molecule has 1 atom stereocenters. The average molecular weight is 274 g/mol. The van der Waals surface area contributed by atoms with E-state index in [1.807, 2.05) is 0 Å². The predicted octanol–water partition coefficient (Wildman–Crippen LogP) is -0.356. The molecule has 0 aromatic carbocycles. The third-order valence-electron chi connectivity index (χ3n) is 1.69. The fourth-order valence-electron chi connectivity index (χ4n) is 0.902. The molecule has 10 heteroatoms. The highest BCUT2D eigenvalue weighted by Gasteiger charge is 2.22. The number of alkyl halides is 1. The quantitative estimate of drug-likeness (QED) is 0.447. The van der Waals surface area contributed by atoms with E-state index in [0.29, 0.717) is 5.01 Å². The zero-order chi connectivity index (χ0) is 13.7. The third kappa shape index (κ3) is 3.52. The van der Waals surface area contributed by atoms with Crippen LogP contribution in [0.2, 0.25) is 0 Å². The summed E-state index contributed by atoms with van der Waals surface area (Å²) in [6.45, 7) is 1.67. The van der Waals surface area contributed by atoms with Crippen LogP contribution in [0.4, 0.5) is 4.39 Å². The first kappa shape index (κ1) is 14.1. The van der Waals surface area contributed by atoms with Gasteiger partial charge in [-0.15, -0.1) is 11.3 Å². The molecule has 0 fully saturated rings. The first-order valence-electron chi connectivity index (χ1n) is 4.57. The smallest absolute Gasteiger partial charge is 0.365 e. The topological polar surface area (TPSA) is 98.1 Å². The molecule has 0 aliphatic rings. The molecule has 1 aromatic heterocycles. The lowest BCUT2D eigenvalue weighted by atomic mass is 10.3. The Labute approximate surface area is 106 Å². The van der Waals surface area contributed by atoms with E-state index < -0.39 is 24.0 Å². The molecule has 18 heavy (non-hydrogen) atoms. The largest absolute Gasteiger partial charge is 0.539 e. The maximum atomic E-state index is 12.9. The van der Waals surface area contributed by atoms with Gasteiger partial charge < -0.3 is 14.6 Å². The van der Waals surface area contributed by atoms with Crippen molar-refractivity contribution in [2.75, 3.05) is 0 Å². The molecule has 0 aliphatic carbocycles. The highest BCUT2D eigenvalue weighted by atomic mass is 32.1. The van der Waals surface area contributed by atoms with Gasteiger partial charge in [0.1, 0.15) is 5.69 Å². The molecule has 1 N–H and O–H groups in total. The summed E-state index contributed by atoms with van der Waals surface area (Å²) in [7, 11) is 0.962. The standard InChI is InChI=1S/C8H8BFN2O5S/c1-3-11-4(2-18-3)5(7(13)14)12-17-6(10)8(15)16-9/h2,6H,9H2,1H3,(H,13,14)/b12-5-. The minimum absolute atomic E-state index is 0.0297. The van der Waals surface area contributed by atoms with Crippen molar-refractivity contribution in [3.05, 3.63) is 16.1 Å². The summed E-state index contributed by atoms with van der Waals surface area (Å²) in [5.74, 6) is -2.75. The van der Waals surface area contributed by atoms with E-state index in [1.165, 1.54) is 16.7 Å². The first-order chi connectivity index (χ1) is 8.45. The Morgan fingerprint density at radius 1 is 1.67 bits per heavy atom. The Bertz CT molecular complexity index is 492. The molecule has 0 saturated heterocycles. The van der Waals surface area contributed by atoms with Gasteiger partial charge in [-0.1, -0.05) is 5.16 Å². The summed E-state index contributed by atoms with van der Waals surface area (Å²) in [4.78, 5) is 29.5. The molecule has 0 amide bonds. The fourth-order valence-corrected chi connectivity index (χ4v) is 1.50. The SMILES string of the molecule is BOC(=O)C(F)O/N=C(\C(=O)O)c1csc(C)n1. The number of thiazole rings is 1. The van der Waals surface area contributed by atoms with Crippen molar-refractivity contribution in [1.29, 1.82) is 0 Å². The van der Waals surface area contributed by atoms with E-state index in [9.17, 15) is 14.0 Å². The number of nitrogens with zero attached hydrogens (tertiary/aromatic N) is 2. The van der Waals surface area contributed by atoms with Gasteiger partial charge >= 0.3 is 26.3 Å². The average Bonchev–Trinajstić information content (AvgIpc) is 2.74. The lowest BCUT2D eigenvalue weighted by molar-refractivity contribution is -0.159. The molecular formula is C8H8BFN2O5S. The van der Waals surface area contributed by atoms with Crippen LogP contribution in [0.15, 0.2) is 10.5 Å². The number of carboxylic acids is 1. The Kier molecular flexibility index (Phi) is 4.78. The number of aliphatic carboxylic acids is 1. The van der Waals surface area contributed by atoms with E-state index in [0.717, 1.165) is 8.05 Å². The van der Waals surface area contributed by atoms with Gasteiger partial charge in [0.15, 0.2) is 0 Å². The normalized spacial score (nSPS) is 12.9. The Hall–Kier alpha value is -1.97. The van der Waals surface area contributed by atoms with Crippen molar-refractivity contribution in [2.24, 2.45) is 5.16 Å². The number of hydrogen-bond donors (Lipinski definition) is 1. The Morgan fingerprint density at radius 3 is 2.78 bits per heavy atom. The van der Waals surface area contributed by atoms with Crippen molar-refractivity contribution in [3.63, 3.8) is 0 Å². The number of aryl methyl sites for hydroxylation is 1. The molecular weight excluding hydrogens is 266 g/mol. The van der Waals surface area contributed by atoms with Crippen molar-refractivity contribution >= 4 is 37.0 Å². The number of carbonyl (C=O) groups excluding carboxylic acids is 1. The summed E-state index contributed by atoms with van der Waals surface area (Å²) in [6, 6.07) is 0. The zero-order valence-corrected chi connectivity index (χ0v) is 10.2. The van der Waals surface area contributed by atoms with Crippen LogP contribution in [0.5, 0.6) is 0 Å². The molecule has 1 unspecified atom stereocenters. The van der Waals surface area contributed by atoms with Crippen molar-refractivity contribution in [3.8, 4) is 0 Å². The fraction of sp³-hybridized carbons (Fsp3) is 0.250. The van der Waals surface area contributed by atoms with Crippen molar-refractivity contribution in [1.82, 2.24) is 4.98 Å². The second kappa shape index (κ2) is 6.10. The molecule has 1 rings (SSSR count). The summed E-state index contributed by atoms with van der Waals surface area (Å²) < 4.78 is 17.0. The summed E-state index contributed by atoms with van der Waals surface area (Å²) in [5.41, 5.74) is -0.562. The summed E-state index contributed by atoms with van der Waals surface area (Å²) in [6.07, 6.45) is -2.48. The molecule has 1 aromatic rings. The van der Waals surface area contributed by atoms with Crippen LogP contribution < -0.4 is 0 Å². The van der Waals surface area contributed by atoms with E-state index in [1.54, 1.807) is 6.92 Å². The second-order valence-corrected chi connectivity index (χ2v) is 4.00. The lowest BCUT2D eigenvalue weighted by Gasteiger charge is -2.04. The van der Waals surface area contributed by atoms with Crippen LogP contribution in [0.3, 0.4) is 0 Å². The minimum atomic E-state index is -2.48. The van der Waals surface area contributed by atoms with Crippen molar-refractivity contribution in [2.45, 2.75) is 13.3 Å². The number of oxime groups is 1. The molecule has 0 radical (unpaired) electrons. The number of carboxylic acid groups (broad SMARTS) is 1. The van der Waals surface area contributed by atoms with Gasteiger partial charge in [0.25, 0.3) is 0 Å². The van der Waals surface area contributed by atoms with Gasteiger partial charge in [-0.2, -0.15) is 4.39 Å². The maximum absolute atomic E-state index is 12.9. The van der Waals surface area contributed by atoms with Crippen LogP contribution in [0.1, 0.15) is 10.7 Å². The van der Waals surface area contributed by atoms with Gasteiger partial charge in [0.2, 0.25) is 5.71 Å². The van der Waals surface area contributed by atoms with Gasteiger partial charge in [0.05, 0.1) is 5.01 Å². The third-order valence-corrected chi connectivity index (χ3v) is 2.46. The Balaban J connectivity index is 2.86. The van der Waals surface area contributed by atoms with E-state index in [4.69, 9.17) is 5.11 Å². The number of halogens is 1. The number of carbonyl (C=O) groups is 2. The molecule has 0 spiro atoms. The summed E-state index contributed by atoms with van der Waals surface area (Å²) in [5, 5.41) is 14.0. The molecule has 0 aliphatic heterocycles.